The Bertz CT molecular complexity index is 402. The van der Waals surface area contributed by atoms with E-state index in [0.717, 1.165) is 57.8 Å². The van der Waals surface area contributed by atoms with E-state index < -0.39 is 5.97 Å². The van der Waals surface area contributed by atoms with Crippen LogP contribution in [0.4, 0.5) is 0 Å². The second kappa shape index (κ2) is 12.2. The second-order valence-corrected chi connectivity index (χ2v) is 7.08. The van der Waals surface area contributed by atoms with Crippen molar-refractivity contribution in [2.24, 2.45) is 11.8 Å². The number of rotatable bonds is 13. The molecular formula is C20H34O4. The number of hydrogen-bond acceptors (Lipinski definition) is 3. The van der Waals surface area contributed by atoms with Crippen molar-refractivity contribution in [3.05, 3.63) is 12.2 Å². The number of carbonyl (C=O) groups is 2. The van der Waals surface area contributed by atoms with Gasteiger partial charge in [0.2, 0.25) is 0 Å². The maximum absolute atomic E-state index is 12.1. The summed E-state index contributed by atoms with van der Waals surface area (Å²) >= 11 is 0. The fourth-order valence-electron chi connectivity index (χ4n) is 3.50. The molecule has 1 rings (SSSR count). The lowest BCUT2D eigenvalue weighted by molar-refractivity contribution is -0.137. The average molecular weight is 338 g/mol. The predicted octanol–water partition coefficient (Wildman–Crippen LogP) is 4.50. The molecule has 1 unspecified atom stereocenters. The maximum Gasteiger partial charge on any atom is 0.303 e. The summed E-state index contributed by atoms with van der Waals surface area (Å²) in [6, 6.07) is 0. The van der Waals surface area contributed by atoms with Crippen LogP contribution in [0.1, 0.15) is 84.0 Å². The first kappa shape index (κ1) is 20.9. The van der Waals surface area contributed by atoms with Gasteiger partial charge in [-0.1, -0.05) is 51.2 Å². The van der Waals surface area contributed by atoms with E-state index >= 15 is 0 Å². The topological polar surface area (TPSA) is 74.6 Å². The fourth-order valence-corrected chi connectivity index (χ4v) is 3.50. The first-order chi connectivity index (χ1) is 11.5. The molecule has 0 aliphatic heterocycles. The molecule has 3 atom stereocenters. The summed E-state index contributed by atoms with van der Waals surface area (Å²) in [4.78, 5) is 22.5. The number of unbranched alkanes of at least 4 members (excludes halogenated alkanes) is 4. The summed E-state index contributed by atoms with van der Waals surface area (Å²) < 4.78 is 0. The van der Waals surface area contributed by atoms with Crippen LogP contribution in [0.25, 0.3) is 0 Å². The Kier molecular flexibility index (Phi) is 10.6. The van der Waals surface area contributed by atoms with Gasteiger partial charge in [-0.2, -0.15) is 0 Å². The van der Waals surface area contributed by atoms with Gasteiger partial charge in [-0.3, -0.25) is 9.59 Å². The van der Waals surface area contributed by atoms with Crippen molar-refractivity contribution < 1.29 is 19.8 Å². The minimum atomic E-state index is -0.729. The number of aliphatic hydroxyl groups excluding tert-OH is 1. The molecule has 0 heterocycles. The van der Waals surface area contributed by atoms with Crippen LogP contribution in [0.15, 0.2) is 12.2 Å². The Morgan fingerprint density at radius 3 is 2.71 bits per heavy atom. The van der Waals surface area contributed by atoms with E-state index in [-0.39, 0.29) is 18.4 Å². The monoisotopic (exact) mass is 338 g/mol. The number of aliphatic carboxylic acids is 1. The lowest BCUT2D eigenvalue weighted by Crippen LogP contribution is -2.13. The molecule has 0 amide bonds. The van der Waals surface area contributed by atoms with Crippen molar-refractivity contribution in [1.82, 2.24) is 0 Å². The van der Waals surface area contributed by atoms with Crippen molar-refractivity contribution in [1.29, 1.82) is 0 Å². The van der Waals surface area contributed by atoms with E-state index in [1.54, 1.807) is 0 Å². The zero-order valence-electron chi connectivity index (χ0n) is 15.1. The molecule has 0 aromatic heterocycles. The van der Waals surface area contributed by atoms with Crippen molar-refractivity contribution in [3.8, 4) is 0 Å². The summed E-state index contributed by atoms with van der Waals surface area (Å²) in [7, 11) is 0. The highest BCUT2D eigenvalue weighted by atomic mass is 16.4. The molecule has 1 fully saturated rings. The normalized spacial score (nSPS) is 22.3. The minimum absolute atomic E-state index is 0.133. The molecule has 0 saturated heterocycles. The summed E-state index contributed by atoms with van der Waals surface area (Å²) in [5.74, 6) is 0.109. The van der Waals surface area contributed by atoms with E-state index in [0.29, 0.717) is 24.5 Å². The second-order valence-electron chi connectivity index (χ2n) is 7.08. The number of carboxylic acid groups (broad SMARTS) is 1. The van der Waals surface area contributed by atoms with Crippen LogP contribution in [-0.4, -0.2) is 28.1 Å². The highest BCUT2D eigenvalue weighted by Gasteiger charge is 2.32. The van der Waals surface area contributed by atoms with E-state index in [2.05, 4.69) is 19.1 Å². The van der Waals surface area contributed by atoms with E-state index in [9.17, 15) is 14.7 Å². The van der Waals surface area contributed by atoms with Gasteiger partial charge in [0.05, 0.1) is 6.10 Å². The molecule has 0 radical (unpaired) electrons. The van der Waals surface area contributed by atoms with Gasteiger partial charge in [-0.25, -0.2) is 0 Å². The first-order valence-corrected chi connectivity index (χ1v) is 9.63. The molecule has 2 N–H and O–H groups in total. The van der Waals surface area contributed by atoms with Crippen LogP contribution < -0.4 is 0 Å². The predicted molar refractivity (Wildman–Crippen MR) is 95.8 cm³/mol. The largest absolute Gasteiger partial charge is 0.481 e. The molecule has 1 aliphatic rings. The first-order valence-electron chi connectivity index (χ1n) is 9.63. The third kappa shape index (κ3) is 8.62. The molecule has 0 aromatic carbocycles. The molecule has 1 saturated carbocycles. The number of allylic oxidation sites excluding steroid dienone is 1. The van der Waals surface area contributed by atoms with Gasteiger partial charge < -0.3 is 10.2 Å². The van der Waals surface area contributed by atoms with Gasteiger partial charge in [0.25, 0.3) is 0 Å². The lowest BCUT2D eigenvalue weighted by Gasteiger charge is -2.15. The Morgan fingerprint density at radius 1 is 1.25 bits per heavy atom. The molecule has 0 bridgehead atoms. The maximum atomic E-state index is 12.1. The molecule has 1 aliphatic carbocycles. The lowest BCUT2D eigenvalue weighted by atomic mass is 9.89. The number of carboxylic acids is 1. The van der Waals surface area contributed by atoms with Crippen molar-refractivity contribution >= 4 is 11.8 Å². The zero-order chi connectivity index (χ0) is 17.8. The average Bonchev–Trinajstić information content (AvgIpc) is 2.89. The molecular weight excluding hydrogens is 304 g/mol. The molecule has 138 valence electrons. The van der Waals surface area contributed by atoms with Crippen LogP contribution in [0.3, 0.4) is 0 Å². The van der Waals surface area contributed by atoms with Crippen LogP contribution in [0, 0.1) is 11.8 Å². The highest BCUT2D eigenvalue weighted by molar-refractivity contribution is 5.83. The summed E-state index contributed by atoms with van der Waals surface area (Å²) in [6.07, 6.45) is 14.1. The number of ketones is 1. The van der Waals surface area contributed by atoms with E-state index in [4.69, 9.17) is 5.11 Å². The minimum Gasteiger partial charge on any atom is -0.481 e. The molecule has 4 nitrogen and oxygen atoms in total. The van der Waals surface area contributed by atoms with Gasteiger partial charge >= 0.3 is 5.97 Å². The van der Waals surface area contributed by atoms with Crippen LogP contribution in [0.2, 0.25) is 0 Å². The number of Topliss-reactive ketones (excluding diaryl/α,β-unsaturated/α-hetero) is 1. The SMILES string of the molecule is CCCCC(O)CC=C[C@H]1CCC(=O)[C@@H]1CCCCCCC(=O)O. The number of carbonyl (C=O) groups excluding carboxylic acids is 1. The Labute approximate surface area is 146 Å². The third-order valence-electron chi connectivity index (χ3n) is 4.99. The van der Waals surface area contributed by atoms with Crippen molar-refractivity contribution in [2.75, 3.05) is 0 Å². The van der Waals surface area contributed by atoms with Gasteiger partial charge in [-0.15, -0.1) is 0 Å². The van der Waals surface area contributed by atoms with Gasteiger partial charge in [-0.05, 0) is 38.0 Å². The quantitative estimate of drug-likeness (QED) is 0.383. The fraction of sp³-hybridized carbons (Fsp3) is 0.800. The molecule has 0 aromatic rings. The van der Waals surface area contributed by atoms with Crippen molar-refractivity contribution in [3.63, 3.8) is 0 Å². The standard InChI is InChI=1S/C20H34O4/c1-2-3-10-17(21)11-8-9-16-14-15-19(22)18(16)12-6-4-5-7-13-20(23)24/h8-9,16-18,21H,2-7,10-15H2,1H3,(H,23,24)/t16-,17?,18+/m0/s1. The molecule has 4 heteroatoms. The molecule has 0 spiro atoms. The van der Waals surface area contributed by atoms with Gasteiger partial charge in [0.15, 0.2) is 0 Å². The highest BCUT2D eigenvalue weighted by Crippen LogP contribution is 2.34. The Hall–Kier alpha value is -1.16. The summed E-state index contributed by atoms with van der Waals surface area (Å²) in [5.41, 5.74) is 0. The van der Waals surface area contributed by atoms with Crippen LogP contribution in [0.5, 0.6) is 0 Å². The molecule has 24 heavy (non-hydrogen) atoms. The van der Waals surface area contributed by atoms with Gasteiger partial charge in [0, 0.05) is 18.8 Å². The van der Waals surface area contributed by atoms with Crippen LogP contribution >= 0.6 is 0 Å². The summed E-state index contributed by atoms with van der Waals surface area (Å²) in [6.45, 7) is 2.12. The number of hydrogen-bond donors (Lipinski definition) is 2. The van der Waals surface area contributed by atoms with E-state index in [1.807, 2.05) is 0 Å². The Balaban J connectivity index is 2.26. The van der Waals surface area contributed by atoms with Crippen molar-refractivity contribution in [2.45, 2.75) is 90.1 Å². The zero-order valence-corrected chi connectivity index (χ0v) is 15.1. The van der Waals surface area contributed by atoms with Crippen LogP contribution in [-0.2, 0) is 9.59 Å². The van der Waals surface area contributed by atoms with E-state index in [1.165, 1.54) is 0 Å². The number of aliphatic hydroxyl groups is 1. The Morgan fingerprint density at radius 2 is 2.00 bits per heavy atom. The smallest absolute Gasteiger partial charge is 0.303 e. The van der Waals surface area contributed by atoms with Gasteiger partial charge in [0.1, 0.15) is 5.78 Å². The summed E-state index contributed by atoms with van der Waals surface area (Å²) in [5, 5.41) is 18.5. The third-order valence-corrected chi connectivity index (χ3v) is 4.99.